The maximum atomic E-state index is 11.4. The first-order chi connectivity index (χ1) is 9.33. The van der Waals surface area contributed by atoms with E-state index in [4.69, 9.17) is 4.74 Å². The molecule has 0 atom stereocenters. The molecule has 0 bridgehead atoms. The Morgan fingerprint density at radius 3 is 2.70 bits per heavy atom. The minimum atomic E-state index is -0.506. The van der Waals surface area contributed by atoms with E-state index in [1.54, 1.807) is 6.07 Å². The van der Waals surface area contributed by atoms with Gasteiger partial charge in [0.25, 0.3) is 5.69 Å². The number of ether oxygens (including phenoxy) is 1. The Balaban J connectivity index is 2.45. The molecule has 0 aromatic heterocycles. The molecule has 1 aliphatic heterocycles. The van der Waals surface area contributed by atoms with Crippen LogP contribution in [0.5, 0.6) is 0 Å². The minimum Gasteiger partial charge on any atom is -0.377 e. The van der Waals surface area contributed by atoms with Crippen LogP contribution in [0.4, 0.5) is 11.4 Å². The maximum Gasteiger partial charge on any atom is 0.282 e. The van der Waals surface area contributed by atoms with Crippen molar-refractivity contribution >= 4 is 17.2 Å². The van der Waals surface area contributed by atoms with Gasteiger partial charge < -0.3 is 9.64 Å². The summed E-state index contributed by atoms with van der Waals surface area (Å²) in [4.78, 5) is 24.2. The zero-order valence-electron chi connectivity index (χ0n) is 11.9. The van der Waals surface area contributed by atoms with Crippen LogP contribution < -0.4 is 4.90 Å². The summed E-state index contributed by atoms with van der Waals surface area (Å²) in [7, 11) is 0. The molecular weight excluding hydrogens is 260 g/mol. The highest BCUT2D eigenvalue weighted by Gasteiger charge is 2.32. The number of benzene rings is 1. The molecule has 6 heteroatoms. The van der Waals surface area contributed by atoms with Crippen molar-refractivity contribution in [2.45, 2.75) is 26.3 Å². The number of ketones is 1. The molecule has 0 radical (unpaired) electrons. The number of nitro benzene ring substituents is 1. The number of morpholine rings is 1. The zero-order valence-corrected chi connectivity index (χ0v) is 11.9. The molecule has 1 aromatic carbocycles. The summed E-state index contributed by atoms with van der Waals surface area (Å²) in [6.45, 7) is 7.21. The molecule has 1 fully saturated rings. The number of rotatable bonds is 3. The fourth-order valence-corrected chi connectivity index (χ4v) is 2.47. The zero-order chi connectivity index (χ0) is 14.9. The van der Waals surface area contributed by atoms with Gasteiger partial charge in [-0.2, -0.15) is 0 Å². The smallest absolute Gasteiger partial charge is 0.282 e. The van der Waals surface area contributed by atoms with E-state index in [1.807, 2.05) is 13.8 Å². The van der Waals surface area contributed by atoms with Gasteiger partial charge in [0, 0.05) is 18.3 Å². The fraction of sp³-hybridized carbons (Fsp3) is 0.500. The van der Waals surface area contributed by atoms with E-state index in [-0.39, 0.29) is 22.6 Å². The van der Waals surface area contributed by atoms with E-state index in [1.165, 1.54) is 19.1 Å². The standard InChI is InChI=1S/C14H18N2O4/c1-10(17)12-5-4-11(8-13(12)16(18)19)15-6-7-20-9-14(15,2)3/h4-5,8H,6-7,9H2,1-3H3. The van der Waals surface area contributed by atoms with E-state index < -0.39 is 4.92 Å². The van der Waals surface area contributed by atoms with Crippen LogP contribution in [-0.2, 0) is 4.74 Å². The quantitative estimate of drug-likeness (QED) is 0.482. The van der Waals surface area contributed by atoms with Crippen LogP contribution in [0.15, 0.2) is 18.2 Å². The third-order valence-electron chi connectivity index (χ3n) is 3.51. The summed E-state index contributed by atoms with van der Waals surface area (Å²) >= 11 is 0. The van der Waals surface area contributed by atoms with Crippen molar-refractivity contribution in [2.24, 2.45) is 0 Å². The molecule has 1 aliphatic rings. The second kappa shape index (κ2) is 5.20. The van der Waals surface area contributed by atoms with Gasteiger partial charge in [0.05, 0.1) is 29.2 Å². The molecule has 1 heterocycles. The van der Waals surface area contributed by atoms with E-state index >= 15 is 0 Å². The summed E-state index contributed by atoms with van der Waals surface area (Å²) < 4.78 is 5.45. The minimum absolute atomic E-state index is 0.141. The second-order valence-electron chi connectivity index (χ2n) is 5.53. The van der Waals surface area contributed by atoms with Gasteiger partial charge in [-0.15, -0.1) is 0 Å². The first-order valence-electron chi connectivity index (χ1n) is 6.48. The van der Waals surface area contributed by atoms with Crippen molar-refractivity contribution in [2.75, 3.05) is 24.7 Å². The molecule has 6 nitrogen and oxygen atoms in total. The summed E-state index contributed by atoms with van der Waals surface area (Å²) in [5, 5.41) is 11.1. The van der Waals surface area contributed by atoms with Crippen LogP contribution >= 0.6 is 0 Å². The van der Waals surface area contributed by atoms with Crippen molar-refractivity contribution in [3.8, 4) is 0 Å². The lowest BCUT2D eigenvalue weighted by Crippen LogP contribution is -2.53. The van der Waals surface area contributed by atoms with E-state index in [0.29, 0.717) is 19.8 Å². The summed E-state index contributed by atoms with van der Waals surface area (Å²) in [5.74, 6) is -0.301. The van der Waals surface area contributed by atoms with Crippen molar-refractivity contribution in [3.05, 3.63) is 33.9 Å². The van der Waals surface area contributed by atoms with Gasteiger partial charge >= 0.3 is 0 Å². The van der Waals surface area contributed by atoms with Gasteiger partial charge in [0.2, 0.25) is 0 Å². The van der Waals surface area contributed by atoms with Crippen LogP contribution in [0.1, 0.15) is 31.1 Å². The third-order valence-corrected chi connectivity index (χ3v) is 3.51. The van der Waals surface area contributed by atoms with Crippen molar-refractivity contribution in [1.82, 2.24) is 0 Å². The predicted octanol–water partition coefficient (Wildman–Crippen LogP) is 2.41. The average Bonchev–Trinajstić information content (AvgIpc) is 2.37. The number of carbonyl (C=O) groups excluding carboxylic acids is 1. The molecule has 0 spiro atoms. The molecule has 0 saturated carbocycles. The lowest BCUT2D eigenvalue weighted by molar-refractivity contribution is -0.385. The largest absolute Gasteiger partial charge is 0.377 e. The molecule has 0 aliphatic carbocycles. The molecule has 0 N–H and O–H groups in total. The highest BCUT2D eigenvalue weighted by atomic mass is 16.6. The Morgan fingerprint density at radius 1 is 1.45 bits per heavy atom. The fourth-order valence-electron chi connectivity index (χ4n) is 2.47. The summed E-state index contributed by atoms with van der Waals surface area (Å²) in [6, 6.07) is 4.77. The van der Waals surface area contributed by atoms with Gasteiger partial charge in [-0.05, 0) is 32.9 Å². The van der Waals surface area contributed by atoms with E-state index in [0.717, 1.165) is 5.69 Å². The first kappa shape index (κ1) is 14.5. The molecule has 0 unspecified atom stereocenters. The third kappa shape index (κ3) is 2.65. The SMILES string of the molecule is CC(=O)c1ccc(N2CCOCC2(C)C)cc1[N+](=O)[O-]. The number of hydrogen-bond donors (Lipinski definition) is 0. The Labute approximate surface area is 117 Å². The van der Waals surface area contributed by atoms with Crippen molar-refractivity contribution in [1.29, 1.82) is 0 Å². The van der Waals surface area contributed by atoms with Crippen LogP contribution in [0.25, 0.3) is 0 Å². The lowest BCUT2D eigenvalue weighted by atomic mass is 10.00. The number of anilines is 1. The molecule has 1 aromatic rings. The molecule has 0 amide bonds. The number of nitrogens with zero attached hydrogens (tertiary/aromatic N) is 2. The predicted molar refractivity (Wildman–Crippen MR) is 75.3 cm³/mol. The molecule has 108 valence electrons. The normalized spacial score (nSPS) is 17.9. The Hall–Kier alpha value is -1.95. The Morgan fingerprint density at radius 2 is 2.15 bits per heavy atom. The van der Waals surface area contributed by atoms with E-state index in [9.17, 15) is 14.9 Å². The number of hydrogen-bond acceptors (Lipinski definition) is 5. The number of nitro groups is 1. The van der Waals surface area contributed by atoms with Gasteiger partial charge in [0.1, 0.15) is 0 Å². The van der Waals surface area contributed by atoms with E-state index in [2.05, 4.69) is 4.90 Å². The van der Waals surface area contributed by atoms with Gasteiger partial charge in [0.15, 0.2) is 5.78 Å². The van der Waals surface area contributed by atoms with Crippen LogP contribution in [0.3, 0.4) is 0 Å². The summed E-state index contributed by atoms with van der Waals surface area (Å²) in [6.07, 6.45) is 0. The molecular formula is C14H18N2O4. The van der Waals surface area contributed by atoms with Crippen LogP contribution in [0.2, 0.25) is 0 Å². The highest BCUT2D eigenvalue weighted by Crippen LogP contribution is 2.31. The monoisotopic (exact) mass is 278 g/mol. The first-order valence-corrected chi connectivity index (χ1v) is 6.48. The Bertz CT molecular complexity index is 554. The van der Waals surface area contributed by atoms with Crippen LogP contribution in [0, 0.1) is 10.1 Å². The summed E-state index contributed by atoms with van der Waals surface area (Å²) in [5.41, 5.74) is 0.515. The lowest BCUT2D eigenvalue weighted by Gasteiger charge is -2.43. The second-order valence-corrected chi connectivity index (χ2v) is 5.53. The molecule has 2 rings (SSSR count). The topological polar surface area (TPSA) is 72.7 Å². The number of carbonyl (C=O) groups is 1. The van der Waals surface area contributed by atoms with Crippen LogP contribution in [-0.4, -0.2) is 36.0 Å². The molecule has 20 heavy (non-hydrogen) atoms. The van der Waals surface area contributed by atoms with Gasteiger partial charge in [-0.25, -0.2) is 0 Å². The number of Topliss-reactive ketones (excluding diaryl/α,β-unsaturated/α-hetero) is 1. The van der Waals surface area contributed by atoms with Gasteiger partial charge in [-0.1, -0.05) is 0 Å². The average molecular weight is 278 g/mol. The maximum absolute atomic E-state index is 11.4. The Kier molecular flexibility index (Phi) is 3.76. The van der Waals surface area contributed by atoms with Crippen molar-refractivity contribution in [3.63, 3.8) is 0 Å². The van der Waals surface area contributed by atoms with Crippen molar-refractivity contribution < 1.29 is 14.5 Å². The van der Waals surface area contributed by atoms with Gasteiger partial charge in [-0.3, -0.25) is 14.9 Å². The highest BCUT2D eigenvalue weighted by molar-refractivity contribution is 5.98. The molecule has 1 saturated heterocycles.